The molecular formula is C13H21N3. The van der Waals surface area contributed by atoms with Crippen LogP contribution in [0, 0.1) is 0 Å². The first-order valence-corrected chi connectivity index (χ1v) is 6.80. The molecule has 0 aromatic carbocycles. The standard InChI is InChI=1S/C13H21N3/c1-10-6-5-9-12-14-13(15-16(10)12)11-7-3-2-4-8-11/h10-11H,2-9H2,1H3. The van der Waals surface area contributed by atoms with E-state index in [1.807, 2.05) is 0 Å². The van der Waals surface area contributed by atoms with Crippen LogP contribution in [0.3, 0.4) is 0 Å². The second-order valence-electron chi connectivity index (χ2n) is 5.41. The lowest BCUT2D eigenvalue weighted by Crippen LogP contribution is -2.16. The van der Waals surface area contributed by atoms with Crippen LogP contribution in [0.15, 0.2) is 0 Å². The molecule has 2 aliphatic rings. The van der Waals surface area contributed by atoms with Gasteiger partial charge in [0.05, 0.1) is 6.04 Å². The van der Waals surface area contributed by atoms with Crippen molar-refractivity contribution >= 4 is 0 Å². The minimum atomic E-state index is 0.564. The van der Waals surface area contributed by atoms with Crippen molar-refractivity contribution in [3.63, 3.8) is 0 Å². The molecule has 16 heavy (non-hydrogen) atoms. The Morgan fingerprint density at radius 3 is 2.62 bits per heavy atom. The minimum absolute atomic E-state index is 0.564. The third-order valence-electron chi connectivity index (χ3n) is 4.13. The zero-order chi connectivity index (χ0) is 11.0. The third kappa shape index (κ3) is 1.76. The molecule has 0 bridgehead atoms. The van der Waals surface area contributed by atoms with Crippen LogP contribution in [0.2, 0.25) is 0 Å². The molecule has 1 unspecified atom stereocenters. The van der Waals surface area contributed by atoms with Gasteiger partial charge in [-0.3, -0.25) is 0 Å². The highest BCUT2D eigenvalue weighted by atomic mass is 15.4. The Hall–Kier alpha value is -0.860. The Morgan fingerprint density at radius 1 is 1.06 bits per heavy atom. The van der Waals surface area contributed by atoms with Crippen LogP contribution >= 0.6 is 0 Å². The van der Waals surface area contributed by atoms with Crippen LogP contribution < -0.4 is 0 Å². The van der Waals surface area contributed by atoms with Crippen LogP contribution in [-0.2, 0) is 6.42 Å². The molecule has 1 aliphatic carbocycles. The summed E-state index contributed by atoms with van der Waals surface area (Å²) in [7, 11) is 0. The van der Waals surface area contributed by atoms with E-state index in [4.69, 9.17) is 10.1 Å². The molecule has 0 radical (unpaired) electrons. The van der Waals surface area contributed by atoms with E-state index in [-0.39, 0.29) is 0 Å². The maximum absolute atomic E-state index is 4.78. The predicted octanol–water partition coefficient (Wildman–Crippen LogP) is 3.22. The number of rotatable bonds is 1. The lowest BCUT2D eigenvalue weighted by molar-refractivity contribution is 0.381. The molecule has 3 rings (SSSR count). The second-order valence-corrected chi connectivity index (χ2v) is 5.41. The van der Waals surface area contributed by atoms with E-state index in [1.165, 1.54) is 50.8 Å². The topological polar surface area (TPSA) is 30.7 Å². The van der Waals surface area contributed by atoms with Gasteiger partial charge < -0.3 is 0 Å². The molecule has 2 heterocycles. The number of aromatic nitrogens is 3. The molecule has 3 heteroatoms. The molecule has 88 valence electrons. The summed E-state index contributed by atoms with van der Waals surface area (Å²) < 4.78 is 2.19. The lowest BCUT2D eigenvalue weighted by Gasteiger charge is -2.19. The fourth-order valence-corrected chi connectivity index (χ4v) is 3.11. The smallest absolute Gasteiger partial charge is 0.154 e. The average Bonchev–Trinajstić information content (AvgIpc) is 2.76. The highest BCUT2D eigenvalue weighted by Gasteiger charge is 2.24. The maximum Gasteiger partial charge on any atom is 0.154 e. The van der Waals surface area contributed by atoms with Crippen molar-refractivity contribution < 1.29 is 0 Å². The molecule has 1 aromatic rings. The SMILES string of the molecule is CC1CCCc2nc(C3CCCCC3)nn21. The molecule has 0 saturated heterocycles. The van der Waals surface area contributed by atoms with Gasteiger partial charge in [-0.2, -0.15) is 5.10 Å². The molecule has 1 saturated carbocycles. The zero-order valence-electron chi connectivity index (χ0n) is 10.2. The molecule has 1 aliphatic heterocycles. The lowest BCUT2D eigenvalue weighted by atomic mass is 9.89. The molecule has 1 fully saturated rings. The first-order chi connectivity index (χ1) is 7.84. The van der Waals surface area contributed by atoms with Gasteiger partial charge in [-0.25, -0.2) is 9.67 Å². The molecule has 0 spiro atoms. The highest BCUT2D eigenvalue weighted by molar-refractivity contribution is 5.03. The van der Waals surface area contributed by atoms with Gasteiger partial charge in [-0.15, -0.1) is 0 Å². The fourth-order valence-electron chi connectivity index (χ4n) is 3.11. The molecule has 1 aromatic heterocycles. The maximum atomic E-state index is 4.78. The summed E-state index contributed by atoms with van der Waals surface area (Å²) >= 11 is 0. The van der Waals surface area contributed by atoms with E-state index in [9.17, 15) is 0 Å². The van der Waals surface area contributed by atoms with E-state index in [0.29, 0.717) is 12.0 Å². The van der Waals surface area contributed by atoms with Crippen molar-refractivity contribution in [2.45, 2.75) is 70.3 Å². The van der Waals surface area contributed by atoms with Crippen molar-refractivity contribution in [3.8, 4) is 0 Å². The Balaban J connectivity index is 1.85. The van der Waals surface area contributed by atoms with Gasteiger partial charge in [-0.1, -0.05) is 19.3 Å². The van der Waals surface area contributed by atoms with E-state index in [2.05, 4.69) is 11.6 Å². The summed E-state index contributed by atoms with van der Waals surface area (Å²) in [6.07, 6.45) is 10.4. The fraction of sp³-hybridized carbons (Fsp3) is 0.846. The quantitative estimate of drug-likeness (QED) is 0.726. The Morgan fingerprint density at radius 2 is 1.88 bits per heavy atom. The normalized spacial score (nSPS) is 26.7. The van der Waals surface area contributed by atoms with Crippen molar-refractivity contribution in [1.82, 2.24) is 14.8 Å². The van der Waals surface area contributed by atoms with Crippen LogP contribution in [0.25, 0.3) is 0 Å². The zero-order valence-corrected chi connectivity index (χ0v) is 10.2. The summed E-state index contributed by atoms with van der Waals surface area (Å²) in [5.74, 6) is 3.03. The molecule has 3 nitrogen and oxygen atoms in total. The Kier molecular flexibility index (Phi) is 2.70. The molecule has 0 amide bonds. The van der Waals surface area contributed by atoms with Crippen molar-refractivity contribution in [2.24, 2.45) is 0 Å². The van der Waals surface area contributed by atoms with E-state index in [1.54, 1.807) is 0 Å². The third-order valence-corrected chi connectivity index (χ3v) is 4.13. The summed E-state index contributed by atoms with van der Waals surface area (Å²) in [5, 5.41) is 4.76. The van der Waals surface area contributed by atoms with Gasteiger partial charge >= 0.3 is 0 Å². The summed E-state index contributed by atoms with van der Waals surface area (Å²) in [6.45, 7) is 2.27. The Bertz CT molecular complexity index is 363. The van der Waals surface area contributed by atoms with Crippen molar-refractivity contribution in [3.05, 3.63) is 11.6 Å². The highest BCUT2D eigenvalue weighted by Crippen LogP contribution is 2.32. The number of aryl methyl sites for hydroxylation is 1. The van der Waals surface area contributed by atoms with Crippen LogP contribution in [0.4, 0.5) is 0 Å². The largest absolute Gasteiger partial charge is 0.247 e. The van der Waals surface area contributed by atoms with Gasteiger partial charge in [-0.05, 0) is 32.6 Å². The minimum Gasteiger partial charge on any atom is -0.247 e. The van der Waals surface area contributed by atoms with Gasteiger partial charge in [0.2, 0.25) is 0 Å². The van der Waals surface area contributed by atoms with E-state index >= 15 is 0 Å². The van der Waals surface area contributed by atoms with Gasteiger partial charge in [0.1, 0.15) is 5.82 Å². The van der Waals surface area contributed by atoms with Gasteiger partial charge in [0, 0.05) is 12.3 Å². The van der Waals surface area contributed by atoms with E-state index < -0.39 is 0 Å². The summed E-state index contributed by atoms with van der Waals surface area (Å²) in [5.41, 5.74) is 0. The molecule has 1 atom stereocenters. The van der Waals surface area contributed by atoms with Crippen LogP contribution in [0.5, 0.6) is 0 Å². The summed E-state index contributed by atoms with van der Waals surface area (Å²) in [6, 6.07) is 0.564. The van der Waals surface area contributed by atoms with Crippen molar-refractivity contribution in [2.75, 3.05) is 0 Å². The predicted molar refractivity (Wildman–Crippen MR) is 63.5 cm³/mol. The Labute approximate surface area is 97.3 Å². The van der Waals surface area contributed by atoms with Gasteiger partial charge in [0.15, 0.2) is 5.82 Å². The molecular weight excluding hydrogens is 198 g/mol. The van der Waals surface area contributed by atoms with Crippen LogP contribution in [0.1, 0.15) is 75.5 Å². The van der Waals surface area contributed by atoms with Crippen LogP contribution in [-0.4, -0.2) is 14.8 Å². The van der Waals surface area contributed by atoms with Crippen molar-refractivity contribution in [1.29, 1.82) is 0 Å². The first-order valence-electron chi connectivity index (χ1n) is 6.80. The average molecular weight is 219 g/mol. The monoisotopic (exact) mass is 219 g/mol. The summed E-state index contributed by atoms with van der Waals surface area (Å²) in [4.78, 5) is 4.78. The molecule has 0 N–H and O–H groups in total. The number of fused-ring (bicyclic) bond motifs is 1. The first kappa shape index (κ1) is 10.3. The number of hydrogen-bond donors (Lipinski definition) is 0. The number of nitrogens with zero attached hydrogens (tertiary/aromatic N) is 3. The van der Waals surface area contributed by atoms with E-state index in [0.717, 1.165) is 12.2 Å². The number of hydrogen-bond acceptors (Lipinski definition) is 2. The van der Waals surface area contributed by atoms with Gasteiger partial charge in [0.25, 0.3) is 0 Å². The second kappa shape index (κ2) is 4.19.